The first-order valence-electron chi connectivity index (χ1n) is 8.86. The molecule has 3 aromatic rings. The minimum absolute atomic E-state index is 0.244. The first-order valence-corrected chi connectivity index (χ1v) is 8.86. The smallest absolute Gasteiger partial charge is 0.274 e. The van der Waals surface area contributed by atoms with E-state index in [2.05, 4.69) is 16.0 Å². The maximum atomic E-state index is 11.5. The van der Waals surface area contributed by atoms with Gasteiger partial charge in [0.1, 0.15) is 12.4 Å². The molecule has 7 nitrogen and oxygen atoms in total. The highest BCUT2D eigenvalue weighted by Gasteiger charge is 2.20. The van der Waals surface area contributed by atoms with Crippen LogP contribution in [-0.4, -0.2) is 17.4 Å². The van der Waals surface area contributed by atoms with Gasteiger partial charge in [0.05, 0.1) is 11.4 Å². The number of hydrogen-bond acceptors (Lipinski definition) is 6. The lowest BCUT2D eigenvalue weighted by atomic mass is 10.1. The van der Waals surface area contributed by atoms with E-state index in [0.717, 1.165) is 28.4 Å². The average molecular weight is 376 g/mol. The van der Waals surface area contributed by atoms with Crippen molar-refractivity contribution in [2.24, 2.45) is 0 Å². The van der Waals surface area contributed by atoms with Crippen LogP contribution in [-0.2, 0) is 6.61 Å². The molecule has 0 fully saturated rings. The van der Waals surface area contributed by atoms with Crippen LogP contribution in [0.5, 0.6) is 5.75 Å². The maximum Gasteiger partial charge on any atom is 0.274 e. The fraction of sp³-hybridized carbons (Fsp3) is 0.0952. The lowest BCUT2D eigenvalue weighted by molar-refractivity contribution is 0.0706. The van der Waals surface area contributed by atoms with Crippen LogP contribution in [0.1, 0.15) is 15.9 Å². The zero-order valence-electron chi connectivity index (χ0n) is 15.0. The summed E-state index contributed by atoms with van der Waals surface area (Å²) in [6, 6.07) is 22.8. The van der Waals surface area contributed by atoms with E-state index in [0.29, 0.717) is 12.2 Å². The monoisotopic (exact) mass is 376 g/mol. The van der Waals surface area contributed by atoms with Crippen LogP contribution in [0.3, 0.4) is 0 Å². The van der Waals surface area contributed by atoms with E-state index in [4.69, 9.17) is 9.94 Å². The predicted molar refractivity (Wildman–Crippen MR) is 108 cm³/mol. The van der Waals surface area contributed by atoms with Crippen LogP contribution in [0.15, 0.2) is 72.8 Å². The molecular weight excluding hydrogens is 356 g/mol. The molecule has 1 aliphatic heterocycles. The molecule has 142 valence electrons. The molecule has 7 heteroatoms. The first kappa shape index (κ1) is 17.7. The predicted octanol–water partition coefficient (Wildman–Crippen LogP) is 3.62. The van der Waals surface area contributed by atoms with Crippen molar-refractivity contribution in [3.05, 3.63) is 83.9 Å². The van der Waals surface area contributed by atoms with Gasteiger partial charge in [-0.2, -0.15) is 0 Å². The van der Waals surface area contributed by atoms with Gasteiger partial charge in [-0.25, -0.2) is 5.48 Å². The van der Waals surface area contributed by atoms with Gasteiger partial charge in [-0.1, -0.05) is 36.4 Å². The second-order valence-corrected chi connectivity index (χ2v) is 6.37. The second-order valence-electron chi connectivity index (χ2n) is 6.37. The third kappa shape index (κ3) is 3.99. The Bertz CT molecular complexity index is 978. The molecule has 28 heavy (non-hydrogen) atoms. The van der Waals surface area contributed by atoms with Crippen molar-refractivity contribution in [2.45, 2.75) is 12.9 Å². The van der Waals surface area contributed by atoms with E-state index < -0.39 is 5.91 Å². The Morgan fingerprint density at radius 2 is 1.79 bits per heavy atom. The molecule has 5 N–H and O–H groups in total. The van der Waals surface area contributed by atoms with Crippen molar-refractivity contribution >= 4 is 23.0 Å². The number of rotatable bonds is 6. The van der Waals surface area contributed by atoms with Crippen molar-refractivity contribution < 1.29 is 14.7 Å². The summed E-state index contributed by atoms with van der Waals surface area (Å²) >= 11 is 0. The molecule has 1 atom stereocenters. The van der Waals surface area contributed by atoms with Gasteiger partial charge in [0.2, 0.25) is 0 Å². The molecule has 0 saturated heterocycles. The van der Waals surface area contributed by atoms with Gasteiger partial charge in [0.25, 0.3) is 5.91 Å². The molecule has 0 spiro atoms. The van der Waals surface area contributed by atoms with Crippen LogP contribution in [0.2, 0.25) is 0 Å². The van der Waals surface area contributed by atoms with Crippen molar-refractivity contribution in [2.75, 3.05) is 16.0 Å². The van der Waals surface area contributed by atoms with E-state index in [-0.39, 0.29) is 6.29 Å². The van der Waals surface area contributed by atoms with Gasteiger partial charge < -0.3 is 20.7 Å². The summed E-state index contributed by atoms with van der Waals surface area (Å²) in [5.74, 6) is 0.218. The number of amides is 1. The molecule has 0 aliphatic carbocycles. The summed E-state index contributed by atoms with van der Waals surface area (Å²) in [6.45, 7) is 0.505. The Hall–Kier alpha value is -3.71. The number of fused-ring (bicyclic) bond motifs is 1. The molecule has 1 unspecified atom stereocenters. The second kappa shape index (κ2) is 7.89. The Kier molecular flexibility index (Phi) is 4.99. The number of benzene rings is 3. The minimum Gasteiger partial charge on any atom is -0.489 e. The van der Waals surface area contributed by atoms with Crippen LogP contribution in [0, 0.1) is 0 Å². The van der Waals surface area contributed by atoms with Gasteiger partial charge in [-0.15, -0.1) is 0 Å². The van der Waals surface area contributed by atoms with Crippen LogP contribution in [0.4, 0.5) is 17.1 Å². The summed E-state index contributed by atoms with van der Waals surface area (Å²) < 4.78 is 5.86. The fourth-order valence-electron chi connectivity index (χ4n) is 3.00. The number of nitrogens with one attached hydrogen (secondary N) is 4. The van der Waals surface area contributed by atoms with Crippen molar-refractivity contribution in [1.82, 2.24) is 5.48 Å². The molecule has 1 amide bonds. The van der Waals surface area contributed by atoms with Crippen molar-refractivity contribution in [1.29, 1.82) is 0 Å². The summed E-state index contributed by atoms with van der Waals surface area (Å²) in [4.78, 5) is 11.5. The van der Waals surface area contributed by atoms with Gasteiger partial charge in [0, 0.05) is 17.3 Å². The number of anilines is 3. The standard InChI is InChI=1S/C21H20N4O3/c26-20(25-27)15-9-10-18-19(11-15)24-21(23-18)22-16-7-4-8-17(12-16)28-13-14-5-2-1-3-6-14/h1-12,21-24,27H,13H2,(H,25,26). The lowest BCUT2D eigenvalue weighted by Gasteiger charge is -2.16. The van der Waals surface area contributed by atoms with Gasteiger partial charge >= 0.3 is 0 Å². The molecule has 0 radical (unpaired) electrons. The molecule has 0 aromatic heterocycles. The van der Waals surface area contributed by atoms with Crippen LogP contribution in [0.25, 0.3) is 0 Å². The average Bonchev–Trinajstić information content (AvgIpc) is 3.14. The Morgan fingerprint density at radius 1 is 0.964 bits per heavy atom. The normalized spacial score (nSPS) is 14.4. The summed E-state index contributed by atoms with van der Waals surface area (Å²) in [7, 11) is 0. The van der Waals surface area contributed by atoms with Gasteiger partial charge in [0.15, 0.2) is 6.29 Å². The van der Waals surface area contributed by atoms with Crippen LogP contribution < -0.4 is 26.2 Å². The molecule has 0 saturated carbocycles. The molecular formula is C21H20N4O3. The highest BCUT2D eigenvalue weighted by Crippen LogP contribution is 2.30. The van der Waals surface area contributed by atoms with E-state index in [1.165, 1.54) is 0 Å². The van der Waals surface area contributed by atoms with Gasteiger partial charge in [-0.3, -0.25) is 10.0 Å². The quantitative estimate of drug-likeness (QED) is 0.333. The zero-order chi connectivity index (χ0) is 19.3. The number of hydrogen-bond donors (Lipinski definition) is 5. The number of carbonyl (C=O) groups excluding carboxylic acids is 1. The van der Waals surface area contributed by atoms with E-state index >= 15 is 0 Å². The molecule has 4 rings (SSSR count). The van der Waals surface area contributed by atoms with E-state index in [1.807, 2.05) is 54.6 Å². The fourth-order valence-corrected chi connectivity index (χ4v) is 3.00. The summed E-state index contributed by atoms with van der Waals surface area (Å²) in [5, 5.41) is 18.6. The first-order chi connectivity index (χ1) is 13.7. The molecule has 1 aliphatic rings. The van der Waals surface area contributed by atoms with Crippen molar-refractivity contribution in [3.8, 4) is 5.75 Å². The highest BCUT2D eigenvalue weighted by molar-refractivity contribution is 5.96. The summed E-state index contributed by atoms with van der Waals surface area (Å²) in [5.41, 5.74) is 5.64. The van der Waals surface area contributed by atoms with E-state index in [9.17, 15) is 4.79 Å². The minimum atomic E-state index is -0.552. The molecule has 1 heterocycles. The third-order valence-electron chi connectivity index (χ3n) is 4.38. The Morgan fingerprint density at radius 3 is 2.61 bits per heavy atom. The largest absolute Gasteiger partial charge is 0.489 e. The van der Waals surface area contributed by atoms with Crippen LogP contribution >= 0.6 is 0 Å². The molecule has 0 bridgehead atoms. The topological polar surface area (TPSA) is 94.7 Å². The third-order valence-corrected chi connectivity index (χ3v) is 4.38. The maximum absolute atomic E-state index is 11.5. The Balaban J connectivity index is 1.39. The van der Waals surface area contributed by atoms with E-state index in [1.54, 1.807) is 23.7 Å². The number of carbonyl (C=O) groups is 1. The molecule has 3 aromatic carbocycles. The van der Waals surface area contributed by atoms with Gasteiger partial charge in [-0.05, 0) is 35.9 Å². The SMILES string of the molecule is O=C(NO)c1ccc2c(c1)NC(Nc1cccc(OCc3ccccc3)c1)N2. The lowest BCUT2D eigenvalue weighted by Crippen LogP contribution is -2.31. The highest BCUT2D eigenvalue weighted by atomic mass is 16.5. The number of hydroxylamine groups is 1. The zero-order valence-corrected chi connectivity index (χ0v) is 15.0. The Labute approximate surface area is 162 Å². The summed E-state index contributed by atoms with van der Waals surface area (Å²) in [6.07, 6.45) is -0.244. The van der Waals surface area contributed by atoms with Crippen molar-refractivity contribution in [3.63, 3.8) is 0 Å². The number of ether oxygens (including phenoxy) is 1.